The summed E-state index contributed by atoms with van der Waals surface area (Å²) in [5.74, 6) is 0.582. The van der Waals surface area contributed by atoms with Crippen molar-refractivity contribution in [3.8, 4) is 5.88 Å². The molecule has 106 valence electrons. The molecule has 6 nitrogen and oxygen atoms in total. The molecular weight excluding hydrogens is 256 g/mol. The number of pyridine rings is 2. The Bertz CT molecular complexity index is 619. The molecule has 3 rings (SSSR count). The van der Waals surface area contributed by atoms with Crippen LogP contribution >= 0.6 is 0 Å². The van der Waals surface area contributed by atoms with E-state index >= 15 is 0 Å². The van der Waals surface area contributed by atoms with Crippen LogP contribution in [0.15, 0.2) is 24.4 Å². The van der Waals surface area contributed by atoms with Crippen molar-refractivity contribution < 1.29 is 9.47 Å². The number of fused-ring (bicyclic) bond motifs is 1. The van der Waals surface area contributed by atoms with Gasteiger partial charge in [-0.2, -0.15) is 0 Å². The van der Waals surface area contributed by atoms with E-state index in [2.05, 4.69) is 14.9 Å². The van der Waals surface area contributed by atoms with E-state index < -0.39 is 0 Å². The van der Waals surface area contributed by atoms with Crippen LogP contribution in [-0.2, 0) is 4.74 Å². The molecule has 1 saturated heterocycles. The molecule has 0 radical (unpaired) electrons. The monoisotopic (exact) mass is 274 g/mol. The fourth-order valence-electron chi connectivity index (χ4n) is 2.61. The van der Waals surface area contributed by atoms with Crippen molar-refractivity contribution in [3.63, 3.8) is 0 Å². The number of nitrogens with two attached hydrogens (primary N) is 1. The molecular formula is C14H18N4O2. The molecule has 1 aliphatic heterocycles. The summed E-state index contributed by atoms with van der Waals surface area (Å²) in [5.41, 5.74) is 8.78. The summed E-state index contributed by atoms with van der Waals surface area (Å²) in [6, 6.07) is 5.69. The van der Waals surface area contributed by atoms with Gasteiger partial charge in [-0.3, -0.25) is 4.98 Å². The van der Waals surface area contributed by atoms with Crippen molar-refractivity contribution in [2.45, 2.75) is 12.1 Å². The van der Waals surface area contributed by atoms with Crippen LogP contribution in [-0.4, -0.2) is 49.4 Å². The Hall–Kier alpha value is -1.92. The lowest BCUT2D eigenvalue weighted by molar-refractivity contribution is 0.108. The Morgan fingerprint density at radius 2 is 2.10 bits per heavy atom. The highest BCUT2D eigenvalue weighted by atomic mass is 16.5. The van der Waals surface area contributed by atoms with Crippen molar-refractivity contribution in [1.82, 2.24) is 9.97 Å². The van der Waals surface area contributed by atoms with Gasteiger partial charge in [-0.1, -0.05) is 0 Å². The molecule has 2 aromatic heterocycles. The number of methoxy groups -OCH3 is 2. The van der Waals surface area contributed by atoms with Crippen molar-refractivity contribution in [3.05, 3.63) is 24.4 Å². The smallest absolute Gasteiger partial charge is 0.213 e. The van der Waals surface area contributed by atoms with Crippen molar-refractivity contribution >= 4 is 16.7 Å². The summed E-state index contributed by atoms with van der Waals surface area (Å²) < 4.78 is 10.6. The fraction of sp³-hybridized carbons (Fsp3) is 0.429. The molecule has 0 spiro atoms. The highest BCUT2D eigenvalue weighted by molar-refractivity contribution is 5.88. The van der Waals surface area contributed by atoms with Crippen molar-refractivity contribution in [1.29, 1.82) is 0 Å². The molecule has 0 bridgehead atoms. The molecule has 0 aromatic carbocycles. The Morgan fingerprint density at radius 1 is 1.25 bits per heavy atom. The number of ether oxygens (including phenoxy) is 2. The number of hydrogen-bond donors (Lipinski definition) is 1. The zero-order chi connectivity index (χ0) is 14.1. The van der Waals surface area contributed by atoms with Crippen LogP contribution in [0.3, 0.4) is 0 Å². The third-order valence-corrected chi connectivity index (χ3v) is 3.70. The summed E-state index contributed by atoms with van der Waals surface area (Å²) >= 11 is 0. The summed E-state index contributed by atoms with van der Waals surface area (Å²) in [6.45, 7) is 1.51. The maximum Gasteiger partial charge on any atom is 0.213 e. The second-order valence-corrected chi connectivity index (χ2v) is 4.89. The summed E-state index contributed by atoms with van der Waals surface area (Å²) in [7, 11) is 3.30. The number of nitrogens with zero attached hydrogens (tertiary/aromatic N) is 3. The molecule has 20 heavy (non-hydrogen) atoms. The van der Waals surface area contributed by atoms with Crippen LogP contribution in [0.1, 0.15) is 0 Å². The van der Waals surface area contributed by atoms with Crippen LogP contribution < -0.4 is 15.4 Å². The second kappa shape index (κ2) is 5.22. The standard InChI is InChI=1S/C14H18N4O2/c1-19-12-8-18(7-9(12)15)11-5-6-16-10-3-4-13(20-2)17-14(10)11/h3-6,9,12H,7-8,15H2,1-2H3. The predicted octanol–water partition coefficient (Wildman–Crippen LogP) is 0.801. The van der Waals surface area contributed by atoms with E-state index in [1.54, 1.807) is 20.4 Å². The van der Waals surface area contributed by atoms with Crippen molar-refractivity contribution in [2.75, 3.05) is 32.2 Å². The minimum absolute atomic E-state index is 0.00817. The highest BCUT2D eigenvalue weighted by Crippen LogP contribution is 2.28. The number of rotatable bonds is 3. The molecule has 2 atom stereocenters. The Kier molecular flexibility index (Phi) is 3.42. The average Bonchev–Trinajstić information content (AvgIpc) is 2.87. The van der Waals surface area contributed by atoms with Crippen LogP contribution in [0, 0.1) is 0 Å². The first-order valence-electron chi connectivity index (χ1n) is 6.56. The van der Waals surface area contributed by atoms with Gasteiger partial charge >= 0.3 is 0 Å². The first-order valence-corrected chi connectivity index (χ1v) is 6.56. The molecule has 6 heteroatoms. The maximum absolute atomic E-state index is 6.09. The van der Waals surface area contributed by atoms with Gasteiger partial charge in [0.05, 0.1) is 30.5 Å². The first-order chi connectivity index (χ1) is 9.72. The molecule has 1 fully saturated rings. The largest absolute Gasteiger partial charge is 0.481 e. The van der Waals surface area contributed by atoms with Gasteiger partial charge in [0.1, 0.15) is 5.52 Å². The number of hydrogen-bond acceptors (Lipinski definition) is 6. The quantitative estimate of drug-likeness (QED) is 0.892. The van der Waals surface area contributed by atoms with Gasteiger partial charge in [0.2, 0.25) is 5.88 Å². The van der Waals surface area contributed by atoms with E-state index in [-0.39, 0.29) is 12.1 Å². The zero-order valence-corrected chi connectivity index (χ0v) is 11.6. The van der Waals surface area contributed by atoms with Gasteiger partial charge in [0.25, 0.3) is 0 Å². The normalized spacial score (nSPS) is 22.4. The lowest BCUT2D eigenvalue weighted by Gasteiger charge is -2.19. The van der Waals surface area contributed by atoms with Gasteiger partial charge in [-0.15, -0.1) is 0 Å². The number of anilines is 1. The van der Waals surface area contributed by atoms with Gasteiger partial charge in [-0.05, 0) is 12.1 Å². The van der Waals surface area contributed by atoms with E-state index in [4.69, 9.17) is 15.2 Å². The first kappa shape index (κ1) is 13.1. The summed E-state index contributed by atoms with van der Waals surface area (Å²) in [4.78, 5) is 11.0. The van der Waals surface area contributed by atoms with Gasteiger partial charge in [0, 0.05) is 32.5 Å². The minimum atomic E-state index is 0.00817. The van der Waals surface area contributed by atoms with E-state index in [0.717, 1.165) is 29.8 Å². The molecule has 2 N–H and O–H groups in total. The molecule has 1 aliphatic rings. The summed E-state index contributed by atoms with van der Waals surface area (Å²) in [5, 5.41) is 0. The Balaban J connectivity index is 2.03. The third kappa shape index (κ3) is 2.17. The third-order valence-electron chi connectivity index (χ3n) is 3.70. The van der Waals surface area contributed by atoms with Crippen LogP contribution in [0.25, 0.3) is 11.0 Å². The topological polar surface area (TPSA) is 73.5 Å². The Morgan fingerprint density at radius 3 is 2.80 bits per heavy atom. The molecule has 0 saturated carbocycles. The molecule has 3 heterocycles. The molecule has 2 aromatic rings. The van der Waals surface area contributed by atoms with Gasteiger partial charge in [0.15, 0.2) is 0 Å². The second-order valence-electron chi connectivity index (χ2n) is 4.89. The zero-order valence-electron chi connectivity index (χ0n) is 11.6. The van der Waals surface area contributed by atoms with E-state index in [9.17, 15) is 0 Å². The average molecular weight is 274 g/mol. The van der Waals surface area contributed by atoms with E-state index in [1.807, 2.05) is 18.2 Å². The Labute approximate surface area is 117 Å². The minimum Gasteiger partial charge on any atom is -0.481 e. The van der Waals surface area contributed by atoms with E-state index in [1.165, 1.54) is 0 Å². The molecule has 0 amide bonds. The SMILES string of the molecule is COc1ccc2nccc(N3CC(N)C(OC)C3)c2n1. The summed E-state index contributed by atoms with van der Waals surface area (Å²) in [6.07, 6.45) is 1.83. The van der Waals surface area contributed by atoms with Crippen molar-refractivity contribution in [2.24, 2.45) is 5.73 Å². The fourth-order valence-corrected chi connectivity index (χ4v) is 2.61. The van der Waals surface area contributed by atoms with E-state index in [0.29, 0.717) is 5.88 Å². The predicted molar refractivity (Wildman–Crippen MR) is 77.1 cm³/mol. The van der Waals surface area contributed by atoms with Crippen LogP contribution in [0.5, 0.6) is 5.88 Å². The molecule has 0 aliphatic carbocycles. The van der Waals surface area contributed by atoms with Gasteiger partial charge < -0.3 is 20.1 Å². The lowest BCUT2D eigenvalue weighted by atomic mass is 10.2. The van der Waals surface area contributed by atoms with Crippen LogP contribution in [0.2, 0.25) is 0 Å². The van der Waals surface area contributed by atoms with Gasteiger partial charge in [-0.25, -0.2) is 4.98 Å². The lowest BCUT2D eigenvalue weighted by Crippen LogP contribution is -2.34. The van der Waals surface area contributed by atoms with Crippen LogP contribution in [0.4, 0.5) is 5.69 Å². The molecule has 2 unspecified atom stereocenters. The highest BCUT2D eigenvalue weighted by Gasteiger charge is 2.31. The maximum atomic E-state index is 6.09. The number of aromatic nitrogens is 2.